The third kappa shape index (κ3) is 4.50. The fraction of sp³-hybridized carbons (Fsp3) is 0.240. The Kier molecular flexibility index (Phi) is 6.24. The lowest BCUT2D eigenvalue weighted by Gasteiger charge is -2.17. The molecule has 0 bridgehead atoms. The minimum absolute atomic E-state index is 0.190. The van der Waals surface area contributed by atoms with E-state index in [2.05, 4.69) is 29.1 Å². The summed E-state index contributed by atoms with van der Waals surface area (Å²) in [7, 11) is 0. The average Bonchev–Trinajstić information content (AvgIpc) is 3.17. The van der Waals surface area contributed by atoms with Crippen molar-refractivity contribution < 1.29 is 9.90 Å². The first-order valence-electron chi connectivity index (χ1n) is 10.7. The van der Waals surface area contributed by atoms with Crippen molar-refractivity contribution in [2.45, 2.75) is 39.8 Å². The van der Waals surface area contributed by atoms with Crippen LogP contribution < -0.4 is 10.9 Å². The van der Waals surface area contributed by atoms with Gasteiger partial charge in [-0.1, -0.05) is 49.7 Å². The van der Waals surface area contributed by atoms with Gasteiger partial charge in [-0.2, -0.15) is 0 Å². The summed E-state index contributed by atoms with van der Waals surface area (Å²) in [6.07, 6.45) is 3.34. The maximum Gasteiger partial charge on any atom is 0.293 e. The fourth-order valence-electron chi connectivity index (χ4n) is 3.92. The topological polar surface area (TPSA) is 100 Å². The van der Waals surface area contributed by atoms with E-state index in [4.69, 9.17) is 11.6 Å². The van der Waals surface area contributed by atoms with Crippen LogP contribution in [0.15, 0.2) is 53.6 Å². The van der Waals surface area contributed by atoms with Crippen LogP contribution in [0, 0.1) is 6.92 Å². The lowest BCUT2D eigenvalue weighted by atomic mass is 9.92. The SMILES string of the molecule is Cc1cc(-c2ccccc2C(C)C)c(O)c(=O)n1CC(=O)NCc1cc2c(Cl)c[nH]c2cn1. The fourth-order valence-corrected chi connectivity index (χ4v) is 4.13. The predicted octanol–water partition coefficient (Wildman–Crippen LogP) is 4.50. The number of halogens is 1. The highest BCUT2D eigenvalue weighted by Crippen LogP contribution is 2.33. The van der Waals surface area contributed by atoms with Crippen molar-refractivity contribution >= 4 is 28.4 Å². The van der Waals surface area contributed by atoms with E-state index in [0.29, 0.717) is 22.0 Å². The van der Waals surface area contributed by atoms with E-state index >= 15 is 0 Å². The van der Waals surface area contributed by atoms with Gasteiger partial charge in [-0.15, -0.1) is 0 Å². The second-order valence-electron chi connectivity index (χ2n) is 8.32. The molecule has 0 atom stereocenters. The molecule has 8 heteroatoms. The van der Waals surface area contributed by atoms with E-state index in [9.17, 15) is 14.7 Å². The summed E-state index contributed by atoms with van der Waals surface area (Å²) in [4.78, 5) is 32.8. The maximum absolute atomic E-state index is 12.9. The number of pyridine rings is 2. The van der Waals surface area contributed by atoms with Crippen molar-refractivity contribution in [3.05, 3.63) is 81.1 Å². The largest absolute Gasteiger partial charge is 0.503 e. The molecule has 1 amide bonds. The van der Waals surface area contributed by atoms with E-state index in [1.54, 1.807) is 31.5 Å². The number of aromatic hydroxyl groups is 1. The van der Waals surface area contributed by atoms with Crippen LogP contribution in [0.2, 0.25) is 5.02 Å². The number of H-pyrrole nitrogens is 1. The molecular weight excluding hydrogens is 440 g/mol. The molecule has 7 nitrogen and oxygen atoms in total. The molecule has 1 aromatic carbocycles. The lowest BCUT2D eigenvalue weighted by Crippen LogP contribution is -2.33. The van der Waals surface area contributed by atoms with Crippen molar-refractivity contribution in [3.63, 3.8) is 0 Å². The molecule has 0 spiro atoms. The molecule has 4 aromatic rings. The Morgan fingerprint density at radius 2 is 2.00 bits per heavy atom. The maximum atomic E-state index is 12.9. The van der Waals surface area contributed by atoms with Gasteiger partial charge in [0.05, 0.1) is 29.0 Å². The van der Waals surface area contributed by atoms with Crippen LogP contribution in [0.3, 0.4) is 0 Å². The van der Waals surface area contributed by atoms with Crippen LogP contribution in [0.1, 0.15) is 36.7 Å². The van der Waals surface area contributed by atoms with Crippen molar-refractivity contribution in [1.82, 2.24) is 19.9 Å². The molecule has 0 aliphatic rings. The zero-order chi connectivity index (χ0) is 23.7. The minimum atomic E-state index is -0.600. The number of carbonyl (C=O) groups excluding carboxylic acids is 1. The summed E-state index contributed by atoms with van der Waals surface area (Å²) in [5.74, 6) is -0.504. The number of nitrogens with zero attached hydrogens (tertiary/aromatic N) is 2. The first-order chi connectivity index (χ1) is 15.8. The number of hydrogen-bond acceptors (Lipinski definition) is 4. The van der Waals surface area contributed by atoms with Crippen LogP contribution in [-0.4, -0.2) is 25.5 Å². The molecular formula is C25H25ClN4O3. The number of aryl methyl sites for hydroxylation is 1. The van der Waals surface area contributed by atoms with E-state index in [-0.39, 0.29) is 30.7 Å². The second kappa shape index (κ2) is 9.11. The molecule has 3 N–H and O–H groups in total. The number of hydrogen-bond donors (Lipinski definition) is 3. The van der Waals surface area contributed by atoms with Gasteiger partial charge in [0.2, 0.25) is 5.91 Å². The smallest absolute Gasteiger partial charge is 0.293 e. The number of benzene rings is 1. The third-order valence-corrected chi connectivity index (χ3v) is 6.01. The molecule has 3 aromatic heterocycles. The molecule has 33 heavy (non-hydrogen) atoms. The first kappa shape index (κ1) is 22.6. The number of amides is 1. The van der Waals surface area contributed by atoms with E-state index < -0.39 is 5.56 Å². The van der Waals surface area contributed by atoms with E-state index in [1.807, 2.05) is 24.3 Å². The Hall–Kier alpha value is -3.58. The standard InChI is InChI=1S/C25H25ClN4O3/c1-14(2)17-6-4-5-7-18(17)19-8-15(3)30(25(33)24(19)32)13-23(31)29-10-16-9-20-21(26)11-28-22(20)12-27-16/h4-9,11-12,14,28,32H,10,13H2,1-3H3,(H,29,31). The van der Waals surface area contributed by atoms with Crippen molar-refractivity contribution in [3.8, 4) is 16.9 Å². The van der Waals surface area contributed by atoms with Gasteiger partial charge in [-0.3, -0.25) is 14.6 Å². The summed E-state index contributed by atoms with van der Waals surface area (Å²) < 4.78 is 1.27. The van der Waals surface area contributed by atoms with Gasteiger partial charge in [-0.25, -0.2) is 0 Å². The summed E-state index contributed by atoms with van der Waals surface area (Å²) in [5.41, 5.74) is 3.76. The highest BCUT2D eigenvalue weighted by Gasteiger charge is 2.18. The molecule has 3 heterocycles. The first-order valence-corrected chi connectivity index (χ1v) is 11.0. The summed E-state index contributed by atoms with van der Waals surface area (Å²) in [6.45, 7) is 5.85. The lowest BCUT2D eigenvalue weighted by molar-refractivity contribution is -0.121. The molecule has 0 radical (unpaired) electrons. The van der Waals surface area contributed by atoms with Gasteiger partial charge < -0.3 is 20.0 Å². The van der Waals surface area contributed by atoms with Crippen LogP contribution in [0.25, 0.3) is 22.0 Å². The molecule has 170 valence electrons. The minimum Gasteiger partial charge on any atom is -0.503 e. The highest BCUT2D eigenvalue weighted by molar-refractivity contribution is 6.35. The van der Waals surface area contributed by atoms with Crippen molar-refractivity contribution in [1.29, 1.82) is 0 Å². The van der Waals surface area contributed by atoms with Gasteiger partial charge in [0.15, 0.2) is 5.75 Å². The van der Waals surface area contributed by atoms with Crippen LogP contribution in [-0.2, 0) is 17.9 Å². The highest BCUT2D eigenvalue weighted by atomic mass is 35.5. The summed E-state index contributed by atoms with van der Waals surface area (Å²) in [6, 6.07) is 11.2. The number of fused-ring (bicyclic) bond motifs is 1. The Balaban J connectivity index is 1.54. The molecule has 0 aliphatic carbocycles. The molecule has 0 fully saturated rings. The normalized spacial score (nSPS) is 11.3. The zero-order valence-corrected chi connectivity index (χ0v) is 19.4. The Morgan fingerprint density at radius 3 is 2.76 bits per heavy atom. The molecule has 0 saturated heterocycles. The predicted molar refractivity (Wildman–Crippen MR) is 130 cm³/mol. The van der Waals surface area contributed by atoms with Gasteiger partial charge in [0.25, 0.3) is 5.56 Å². The monoisotopic (exact) mass is 464 g/mol. The van der Waals surface area contributed by atoms with Gasteiger partial charge >= 0.3 is 0 Å². The van der Waals surface area contributed by atoms with Gasteiger partial charge in [0.1, 0.15) is 6.54 Å². The molecule has 0 saturated carbocycles. The third-order valence-electron chi connectivity index (χ3n) is 5.70. The summed E-state index contributed by atoms with van der Waals surface area (Å²) in [5, 5.41) is 14.9. The van der Waals surface area contributed by atoms with Crippen molar-refractivity contribution in [2.75, 3.05) is 0 Å². The number of nitrogens with one attached hydrogen (secondary N) is 2. The van der Waals surface area contributed by atoms with Crippen molar-refractivity contribution in [2.24, 2.45) is 0 Å². The molecule has 4 rings (SSSR count). The zero-order valence-electron chi connectivity index (χ0n) is 18.6. The Morgan fingerprint density at radius 1 is 1.24 bits per heavy atom. The quantitative estimate of drug-likeness (QED) is 0.391. The number of rotatable bonds is 6. The summed E-state index contributed by atoms with van der Waals surface area (Å²) >= 11 is 6.14. The van der Waals surface area contributed by atoms with Crippen LogP contribution >= 0.6 is 11.6 Å². The Labute approximate surface area is 196 Å². The number of carbonyl (C=O) groups is 1. The molecule has 0 unspecified atom stereocenters. The molecule has 0 aliphatic heterocycles. The van der Waals surface area contributed by atoms with Crippen LogP contribution in [0.4, 0.5) is 0 Å². The Bertz CT molecular complexity index is 1400. The van der Waals surface area contributed by atoms with E-state index in [0.717, 1.165) is 22.0 Å². The van der Waals surface area contributed by atoms with Gasteiger partial charge in [0, 0.05) is 22.8 Å². The number of aromatic nitrogens is 3. The average molecular weight is 465 g/mol. The van der Waals surface area contributed by atoms with E-state index in [1.165, 1.54) is 4.57 Å². The number of aromatic amines is 1. The second-order valence-corrected chi connectivity index (χ2v) is 8.72. The van der Waals surface area contributed by atoms with Gasteiger partial charge in [-0.05, 0) is 36.1 Å². The van der Waals surface area contributed by atoms with Crippen LogP contribution in [0.5, 0.6) is 5.75 Å².